The molecule has 1 heterocycles. The van der Waals surface area contributed by atoms with Gasteiger partial charge in [-0.2, -0.15) is 11.3 Å². The van der Waals surface area contributed by atoms with Crippen molar-refractivity contribution in [3.63, 3.8) is 0 Å². The molecule has 0 saturated carbocycles. The van der Waals surface area contributed by atoms with Crippen LogP contribution in [0.15, 0.2) is 16.8 Å². The first-order chi connectivity index (χ1) is 7.86. The van der Waals surface area contributed by atoms with Crippen molar-refractivity contribution in [2.24, 2.45) is 0 Å². The number of ether oxygens (including phenoxy) is 1. The summed E-state index contributed by atoms with van der Waals surface area (Å²) in [6.45, 7) is 7.09. The fraction of sp³-hybridized carbons (Fsp3) is 0.692. The summed E-state index contributed by atoms with van der Waals surface area (Å²) < 4.78 is 5.54. The molecule has 1 aromatic rings. The largest absolute Gasteiger partial charge is 0.381 e. The molecule has 1 rings (SSSR count). The van der Waals surface area contributed by atoms with Crippen molar-refractivity contribution >= 4 is 11.3 Å². The Bertz CT molecular complexity index is 248. The van der Waals surface area contributed by atoms with Crippen LogP contribution in [-0.4, -0.2) is 25.8 Å². The van der Waals surface area contributed by atoms with Crippen LogP contribution in [0.25, 0.3) is 0 Å². The van der Waals surface area contributed by atoms with Crippen molar-refractivity contribution in [2.75, 3.05) is 19.8 Å². The molecule has 1 unspecified atom stereocenters. The molecule has 3 heteroatoms. The average molecular weight is 241 g/mol. The number of nitrogens with one attached hydrogen (secondary N) is 1. The smallest absolute Gasteiger partial charge is 0.0480 e. The van der Waals surface area contributed by atoms with E-state index in [0.29, 0.717) is 6.04 Å². The van der Waals surface area contributed by atoms with Crippen molar-refractivity contribution in [1.29, 1.82) is 0 Å². The molecule has 92 valence electrons. The molecule has 0 bridgehead atoms. The molecule has 0 aliphatic rings. The number of hydrogen-bond donors (Lipinski definition) is 1. The van der Waals surface area contributed by atoms with Gasteiger partial charge in [0.25, 0.3) is 0 Å². The molecule has 2 nitrogen and oxygen atoms in total. The zero-order valence-electron chi connectivity index (χ0n) is 10.4. The van der Waals surface area contributed by atoms with E-state index < -0.39 is 0 Å². The molecule has 0 amide bonds. The van der Waals surface area contributed by atoms with E-state index in [1.165, 1.54) is 5.56 Å². The third-order valence-corrected chi connectivity index (χ3v) is 3.25. The summed E-state index contributed by atoms with van der Waals surface area (Å²) in [7, 11) is 0. The second-order valence-corrected chi connectivity index (χ2v) is 4.77. The van der Waals surface area contributed by atoms with E-state index in [2.05, 4.69) is 36.0 Å². The Balaban J connectivity index is 2.24. The first-order valence-electron chi connectivity index (χ1n) is 6.19. The topological polar surface area (TPSA) is 21.3 Å². The fourth-order valence-corrected chi connectivity index (χ4v) is 2.41. The molecule has 1 N–H and O–H groups in total. The van der Waals surface area contributed by atoms with Crippen molar-refractivity contribution in [2.45, 2.75) is 39.2 Å². The molecule has 0 spiro atoms. The van der Waals surface area contributed by atoms with Gasteiger partial charge in [0.05, 0.1) is 0 Å². The molecule has 0 saturated heterocycles. The highest BCUT2D eigenvalue weighted by atomic mass is 32.1. The van der Waals surface area contributed by atoms with Gasteiger partial charge in [-0.1, -0.05) is 13.8 Å². The Morgan fingerprint density at radius 3 is 2.88 bits per heavy atom. The van der Waals surface area contributed by atoms with Crippen LogP contribution in [0.3, 0.4) is 0 Å². The standard InChI is InChI=1S/C13H23NOS/c1-3-7-15-8-5-13(14-4-2)10-12-6-9-16-11-12/h6,9,11,13-14H,3-5,7-8,10H2,1-2H3. The predicted molar refractivity (Wildman–Crippen MR) is 71.2 cm³/mol. The Labute approximate surface area is 103 Å². The monoisotopic (exact) mass is 241 g/mol. The van der Waals surface area contributed by atoms with Crippen molar-refractivity contribution in [3.8, 4) is 0 Å². The van der Waals surface area contributed by atoms with Gasteiger partial charge in [0.15, 0.2) is 0 Å². The van der Waals surface area contributed by atoms with Gasteiger partial charge < -0.3 is 10.1 Å². The molecule has 16 heavy (non-hydrogen) atoms. The van der Waals surface area contributed by atoms with Crippen molar-refractivity contribution in [3.05, 3.63) is 22.4 Å². The molecule has 1 atom stereocenters. The van der Waals surface area contributed by atoms with E-state index >= 15 is 0 Å². The van der Waals surface area contributed by atoms with E-state index in [1.807, 2.05) is 0 Å². The number of rotatable bonds is 9. The van der Waals surface area contributed by atoms with E-state index in [0.717, 1.165) is 39.0 Å². The zero-order valence-corrected chi connectivity index (χ0v) is 11.2. The SMILES string of the molecule is CCCOCCC(Cc1ccsc1)NCC. The maximum Gasteiger partial charge on any atom is 0.0480 e. The summed E-state index contributed by atoms with van der Waals surface area (Å²) in [6.07, 6.45) is 3.33. The molecule has 0 aliphatic carbocycles. The van der Waals surface area contributed by atoms with Crippen molar-refractivity contribution < 1.29 is 4.74 Å². The van der Waals surface area contributed by atoms with Crippen LogP contribution < -0.4 is 5.32 Å². The Morgan fingerprint density at radius 2 is 2.25 bits per heavy atom. The molecule has 1 aromatic heterocycles. The maximum absolute atomic E-state index is 5.54. The summed E-state index contributed by atoms with van der Waals surface area (Å²) in [4.78, 5) is 0. The van der Waals surface area contributed by atoms with Crippen LogP contribution in [0.5, 0.6) is 0 Å². The summed E-state index contributed by atoms with van der Waals surface area (Å²) in [5.74, 6) is 0. The number of hydrogen-bond acceptors (Lipinski definition) is 3. The lowest BCUT2D eigenvalue weighted by molar-refractivity contribution is 0.124. The minimum atomic E-state index is 0.552. The second kappa shape index (κ2) is 8.74. The highest BCUT2D eigenvalue weighted by molar-refractivity contribution is 7.07. The van der Waals surface area contributed by atoms with Crippen LogP contribution in [0.4, 0.5) is 0 Å². The molecule has 0 aliphatic heterocycles. The van der Waals surface area contributed by atoms with E-state index in [-0.39, 0.29) is 0 Å². The first-order valence-corrected chi connectivity index (χ1v) is 7.13. The molecule has 0 fully saturated rings. The Hall–Kier alpha value is -0.380. The quantitative estimate of drug-likeness (QED) is 0.671. The van der Waals surface area contributed by atoms with Crippen molar-refractivity contribution in [1.82, 2.24) is 5.32 Å². The first kappa shape index (κ1) is 13.7. The van der Waals surface area contributed by atoms with Crippen LogP contribution in [0.2, 0.25) is 0 Å². The highest BCUT2D eigenvalue weighted by Gasteiger charge is 2.08. The maximum atomic E-state index is 5.54. The average Bonchev–Trinajstić information content (AvgIpc) is 2.77. The van der Waals surface area contributed by atoms with Gasteiger partial charge >= 0.3 is 0 Å². The van der Waals surface area contributed by atoms with Gasteiger partial charge in [-0.15, -0.1) is 0 Å². The third kappa shape index (κ3) is 5.64. The fourth-order valence-electron chi connectivity index (χ4n) is 1.73. The lowest BCUT2D eigenvalue weighted by atomic mass is 10.1. The lowest BCUT2D eigenvalue weighted by Crippen LogP contribution is -2.32. The van der Waals surface area contributed by atoms with E-state index in [1.54, 1.807) is 11.3 Å². The number of likely N-dealkylation sites (N-methyl/N-ethyl adjacent to an activating group) is 1. The minimum absolute atomic E-state index is 0.552. The second-order valence-electron chi connectivity index (χ2n) is 3.99. The number of thiophene rings is 1. The van der Waals surface area contributed by atoms with Gasteiger partial charge in [0.1, 0.15) is 0 Å². The van der Waals surface area contributed by atoms with Crippen LogP contribution in [0.1, 0.15) is 32.3 Å². The minimum Gasteiger partial charge on any atom is -0.381 e. The summed E-state index contributed by atoms with van der Waals surface area (Å²) in [5, 5.41) is 7.90. The molecular formula is C13H23NOS. The zero-order chi connectivity index (χ0) is 11.6. The van der Waals surface area contributed by atoms with Gasteiger partial charge in [-0.25, -0.2) is 0 Å². The van der Waals surface area contributed by atoms with Gasteiger partial charge in [0, 0.05) is 19.3 Å². The van der Waals surface area contributed by atoms with Gasteiger partial charge in [-0.3, -0.25) is 0 Å². The van der Waals surface area contributed by atoms with Crippen LogP contribution in [0, 0.1) is 0 Å². The Morgan fingerprint density at radius 1 is 1.38 bits per heavy atom. The third-order valence-electron chi connectivity index (χ3n) is 2.51. The normalized spacial score (nSPS) is 12.9. The molecular weight excluding hydrogens is 218 g/mol. The molecule has 0 radical (unpaired) electrons. The van der Waals surface area contributed by atoms with Gasteiger partial charge in [0.2, 0.25) is 0 Å². The predicted octanol–water partition coefficient (Wildman–Crippen LogP) is 3.09. The van der Waals surface area contributed by atoms with E-state index in [4.69, 9.17) is 4.74 Å². The van der Waals surface area contributed by atoms with E-state index in [9.17, 15) is 0 Å². The van der Waals surface area contributed by atoms with Gasteiger partial charge in [-0.05, 0) is 48.2 Å². The summed E-state index contributed by atoms with van der Waals surface area (Å²) in [6, 6.07) is 2.76. The highest BCUT2D eigenvalue weighted by Crippen LogP contribution is 2.10. The lowest BCUT2D eigenvalue weighted by Gasteiger charge is -2.17. The summed E-state index contributed by atoms with van der Waals surface area (Å²) in [5.41, 5.74) is 1.44. The Kier molecular flexibility index (Phi) is 7.47. The summed E-state index contributed by atoms with van der Waals surface area (Å²) >= 11 is 1.77. The van der Waals surface area contributed by atoms with Crippen LogP contribution >= 0.6 is 11.3 Å². The van der Waals surface area contributed by atoms with Crippen LogP contribution in [-0.2, 0) is 11.2 Å². The molecule has 0 aromatic carbocycles.